The van der Waals surface area contributed by atoms with Gasteiger partial charge < -0.3 is 0 Å². The molecular weight excluding hydrogens is 268 g/mol. The van der Waals surface area contributed by atoms with Crippen molar-refractivity contribution in [1.29, 1.82) is 0 Å². The van der Waals surface area contributed by atoms with E-state index in [4.69, 9.17) is 0 Å². The van der Waals surface area contributed by atoms with Crippen LogP contribution in [-0.2, 0) is 6.54 Å². The Kier molecular flexibility index (Phi) is 4.02. The average molecular weight is 287 g/mol. The van der Waals surface area contributed by atoms with Crippen molar-refractivity contribution in [3.05, 3.63) is 70.8 Å². The Bertz CT molecular complexity index is 619. The van der Waals surface area contributed by atoms with E-state index < -0.39 is 11.6 Å². The number of nitrogens with zero attached hydrogens (tertiary/aromatic N) is 1. The molecule has 1 aliphatic rings. The van der Waals surface area contributed by atoms with Gasteiger partial charge in [-0.05, 0) is 49.6 Å². The zero-order valence-corrected chi connectivity index (χ0v) is 12.2. The van der Waals surface area contributed by atoms with E-state index in [9.17, 15) is 8.78 Å². The molecule has 2 aromatic carbocycles. The highest BCUT2D eigenvalue weighted by Gasteiger charge is 2.26. The summed E-state index contributed by atoms with van der Waals surface area (Å²) in [6, 6.07) is 12.6. The highest BCUT2D eigenvalue weighted by Crippen LogP contribution is 2.33. The lowest BCUT2D eigenvalue weighted by Crippen LogP contribution is -2.23. The van der Waals surface area contributed by atoms with E-state index in [0.717, 1.165) is 25.5 Å². The number of halogens is 2. The van der Waals surface area contributed by atoms with E-state index in [2.05, 4.69) is 36.1 Å². The van der Waals surface area contributed by atoms with Gasteiger partial charge in [-0.2, -0.15) is 0 Å². The molecule has 3 rings (SSSR count). The van der Waals surface area contributed by atoms with E-state index in [-0.39, 0.29) is 0 Å². The molecule has 0 unspecified atom stereocenters. The maximum atomic E-state index is 13.3. The first kappa shape index (κ1) is 14.2. The number of benzene rings is 2. The summed E-state index contributed by atoms with van der Waals surface area (Å²) in [5.41, 5.74) is 3.24. The predicted molar refractivity (Wildman–Crippen MR) is 79.9 cm³/mol. The van der Waals surface area contributed by atoms with Crippen LogP contribution >= 0.6 is 0 Å². The molecule has 1 nitrogen and oxygen atoms in total. The maximum Gasteiger partial charge on any atom is 0.126 e. The molecule has 0 radical (unpaired) electrons. The molecule has 110 valence electrons. The van der Waals surface area contributed by atoms with Crippen LogP contribution in [0.5, 0.6) is 0 Å². The van der Waals surface area contributed by atoms with Crippen molar-refractivity contribution in [3.63, 3.8) is 0 Å². The highest BCUT2D eigenvalue weighted by atomic mass is 19.1. The molecule has 0 aliphatic carbocycles. The summed E-state index contributed by atoms with van der Waals surface area (Å²) in [6.45, 7) is 3.65. The van der Waals surface area contributed by atoms with E-state index in [1.807, 2.05) is 0 Å². The highest BCUT2D eigenvalue weighted by molar-refractivity contribution is 5.26. The molecule has 21 heavy (non-hydrogen) atoms. The second kappa shape index (κ2) is 5.94. The smallest absolute Gasteiger partial charge is 0.126 e. The van der Waals surface area contributed by atoms with E-state index in [1.54, 1.807) is 0 Å². The van der Waals surface area contributed by atoms with Gasteiger partial charge in [0.25, 0.3) is 0 Å². The second-order valence-electron chi connectivity index (χ2n) is 5.82. The molecule has 0 N–H and O–H groups in total. The standard InChI is InChI=1S/C18H19F2N/c1-13-4-2-5-15(8-13)18-6-3-7-21(18)12-14-9-16(19)11-17(20)10-14/h2,4-5,8-11,18H,3,6-7,12H2,1H3/t18-/m0/s1. The van der Waals surface area contributed by atoms with Crippen LogP contribution in [0.15, 0.2) is 42.5 Å². The number of aryl methyl sites for hydroxylation is 1. The molecule has 0 amide bonds. The average Bonchev–Trinajstić information content (AvgIpc) is 2.85. The minimum Gasteiger partial charge on any atom is -0.292 e. The fourth-order valence-electron chi connectivity index (χ4n) is 3.21. The molecule has 0 spiro atoms. The Labute approximate surface area is 124 Å². The van der Waals surface area contributed by atoms with Gasteiger partial charge in [-0.3, -0.25) is 4.90 Å². The SMILES string of the molecule is Cc1cccc([C@@H]2CCCN2Cc2cc(F)cc(F)c2)c1. The molecular formula is C18H19F2N. The second-order valence-corrected chi connectivity index (χ2v) is 5.82. The number of likely N-dealkylation sites (tertiary alicyclic amines) is 1. The monoisotopic (exact) mass is 287 g/mol. The zero-order valence-electron chi connectivity index (χ0n) is 12.2. The Morgan fingerprint density at radius 3 is 2.57 bits per heavy atom. The Morgan fingerprint density at radius 1 is 1.10 bits per heavy atom. The number of hydrogen-bond acceptors (Lipinski definition) is 1. The Balaban J connectivity index is 1.81. The Morgan fingerprint density at radius 2 is 1.86 bits per heavy atom. The molecule has 1 heterocycles. The van der Waals surface area contributed by atoms with Gasteiger partial charge in [-0.25, -0.2) is 8.78 Å². The summed E-state index contributed by atoms with van der Waals surface area (Å²) >= 11 is 0. The first-order valence-electron chi connectivity index (χ1n) is 7.37. The summed E-state index contributed by atoms with van der Waals surface area (Å²) in [4.78, 5) is 2.31. The lowest BCUT2D eigenvalue weighted by molar-refractivity contribution is 0.248. The van der Waals surface area contributed by atoms with Crippen molar-refractivity contribution in [1.82, 2.24) is 4.90 Å². The van der Waals surface area contributed by atoms with Gasteiger partial charge in [0.1, 0.15) is 11.6 Å². The molecule has 0 bridgehead atoms. The van der Waals surface area contributed by atoms with Crippen molar-refractivity contribution in [2.75, 3.05) is 6.54 Å². The topological polar surface area (TPSA) is 3.24 Å². The minimum absolute atomic E-state index is 0.344. The third kappa shape index (κ3) is 3.30. The normalized spacial score (nSPS) is 19.1. The molecule has 1 saturated heterocycles. The van der Waals surface area contributed by atoms with Gasteiger partial charge in [0, 0.05) is 18.7 Å². The zero-order chi connectivity index (χ0) is 14.8. The van der Waals surface area contributed by atoms with Gasteiger partial charge >= 0.3 is 0 Å². The van der Waals surface area contributed by atoms with E-state index >= 15 is 0 Å². The molecule has 2 aromatic rings. The summed E-state index contributed by atoms with van der Waals surface area (Å²) in [7, 11) is 0. The lowest BCUT2D eigenvalue weighted by atomic mass is 10.0. The first-order valence-corrected chi connectivity index (χ1v) is 7.37. The number of rotatable bonds is 3. The van der Waals surface area contributed by atoms with Gasteiger partial charge in [0.15, 0.2) is 0 Å². The summed E-state index contributed by atoms with van der Waals surface area (Å²) in [5, 5.41) is 0. The Hall–Kier alpha value is -1.74. The van der Waals surface area contributed by atoms with E-state index in [0.29, 0.717) is 18.2 Å². The quantitative estimate of drug-likeness (QED) is 0.797. The van der Waals surface area contributed by atoms with Crippen molar-refractivity contribution in [2.45, 2.75) is 32.4 Å². The third-order valence-electron chi connectivity index (χ3n) is 4.10. The van der Waals surface area contributed by atoms with E-state index in [1.165, 1.54) is 23.3 Å². The lowest BCUT2D eigenvalue weighted by Gasteiger charge is -2.25. The van der Waals surface area contributed by atoms with Crippen molar-refractivity contribution in [3.8, 4) is 0 Å². The van der Waals surface area contributed by atoms with Crippen LogP contribution in [0, 0.1) is 18.6 Å². The predicted octanol–water partition coefficient (Wildman–Crippen LogP) is 4.61. The van der Waals surface area contributed by atoms with Crippen molar-refractivity contribution < 1.29 is 8.78 Å². The molecule has 1 aliphatic heterocycles. The first-order chi connectivity index (χ1) is 10.1. The van der Waals surface area contributed by atoms with Crippen molar-refractivity contribution in [2.24, 2.45) is 0 Å². The number of hydrogen-bond donors (Lipinski definition) is 0. The van der Waals surface area contributed by atoms with Crippen LogP contribution in [0.2, 0.25) is 0 Å². The van der Waals surface area contributed by atoms with Crippen LogP contribution < -0.4 is 0 Å². The van der Waals surface area contributed by atoms with Crippen LogP contribution in [0.3, 0.4) is 0 Å². The molecule has 0 aromatic heterocycles. The van der Waals surface area contributed by atoms with Crippen LogP contribution in [0.4, 0.5) is 8.78 Å². The fourth-order valence-corrected chi connectivity index (χ4v) is 3.21. The largest absolute Gasteiger partial charge is 0.292 e. The molecule has 0 saturated carbocycles. The van der Waals surface area contributed by atoms with Gasteiger partial charge in [0.05, 0.1) is 0 Å². The van der Waals surface area contributed by atoms with Crippen LogP contribution in [-0.4, -0.2) is 11.4 Å². The molecule has 1 atom stereocenters. The third-order valence-corrected chi connectivity index (χ3v) is 4.10. The summed E-state index contributed by atoms with van der Waals surface area (Å²) in [6.07, 6.45) is 2.22. The fraction of sp³-hybridized carbons (Fsp3) is 0.333. The van der Waals surface area contributed by atoms with Gasteiger partial charge in [-0.15, -0.1) is 0 Å². The van der Waals surface area contributed by atoms with Crippen LogP contribution in [0.1, 0.15) is 35.6 Å². The van der Waals surface area contributed by atoms with Gasteiger partial charge in [0.2, 0.25) is 0 Å². The maximum absolute atomic E-state index is 13.3. The van der Waals surface area contributed by atoms with Gasteiger partial charge in [-0.1, -0.05) is 29.8 Å². The van der Waals surface area contributed by atoms with Crippen molar-refractivity contribution >= 4 is 0 Å². The molecule has 3 heteroatoms. The van der Waals surface area contributed by atoms with Crippen LogP contribution in [0.25, 0.3) is 0 Å². The molecule has 1 fully saturated rings. The summed E-state index contributed by atoms with van der Waals surface area (Å²) in [5.74, 6) is -1.01. The summed E-state index contributed by atoms with van der Waals surface area (Å²) < 4.78 is 26.6. The minimum atomic E-state index is -0.503.